The summed E-state index contributed by atoms with van der Waals surface area (Å²) >= 11 is 0. The summed E-state index contributed by atoms with van der Waals surface area (Å²) in [7, 11) is 1.54. The van der Waals surface area contributed by atoms with E-state index in [0.717, 1.165) is 11.1 Å². The van der Waals surface area contributed by atoms with Crippen LogP contribution in [0.1, 0.15) is 38.3 Å². The van der Waals surface area contributed by atoms with Crippen LogP contribution in [0.4, 0.5) is 9.59 Å². The van der Waals surface area contributed by atoms with E-state index in [0.29, 0.717) is 11.1 Å². The highest BCUT2D eigenvalue weighted by Gasteiger charge is 2.45. The first-order valence-electron chi connectivity index (χ1n) is 11.2. The molecule has 10 nitrogen and oxygen atoms in total. The van der Waals surface area contributed by atoms with Crippen LogP contribution in [0.25, 0.3) is 0 Å². The first-order valence-corrected chi connectivity index (χ1v) is 11.2. The Labute approximate surface area is 202 Å². The number of amides is 4. The van der Waals surface area contributed by atoms with Gasteiger partial charge in [0, 0.05) is 13.5 Å². The molecule has 2 heterocycles. The average molecular weight is 482 g/mol. The lowest BCUT2D eigenvalue weighted by atomic mass is 10.1. The normalized spacial score (nSPS) is 22.1. The van der Waals surface area contributed by atoms with Crippen molar-refractivity contribution in [3.8, 4) is 0 Å². The summed E-state index contributed by atoms with van der Waals surface area (Å²) in [6.45, 7) is 3.65. The molecule has 2 aromatic rings. The van der Waals surface area contributed by atoms with E-state index in [4.69, 9.17) is 14.2 Å². The van der Waals surface area contributed by atoms with Gasteiger partial charge in [-0.25, -0.2) is 19.2 Å². The number of nitrogens with zero attached hydrogens (tertiary/aromatic N) is 2. The molecule has 1 N–H and O–H groups in total. The lowest BCUT2D eigenvalue weighted by Crippen LogP contribution is -2.60. The molecule has 3 atom stereocenters. The molecule has 4 amide bonds. The van der Waals surface area contributed by atoms with Gasteiger partial charge in [-0.1, -0.05) is 35.4 Å². The third-order valence-corrected chi connectivity index (χ3v) is 5.93. The largest absolute Gasteiger partial charge is 0.459 e. The van der Waals surface area contributed by atoms with Gasteiger partial charge in [-0.15, -0.1) is 0 Å². The fraction of sp³-hybridized carbons (Fsp3) is 0.360. The molecule has 0 saturated carbocycles. The quantitative estimate of drug-likeness (QED) is 0.631. The van der Waals surface area contributed by atoms with Gasteiger partial charge >= 0.3 is 24.0 Å². The first kappa shape index (κ1) is 24.2. The third kappa shape index (κ3) is 5.60. The van der Waals surface area contributed by atoms with Gasteiger partial charge in [-0.2, -0.15) is 0 Å². The molecule has 0 aliphatic carbocycles. The van der Waals surface area contributed by atoms with Crippen LogP contribution in [-0.2, 0) is 14.2 Å². The van der Waals surface area contributed by atoms with Gasteiger partial charge in [0.05, 0.1) is 11.1 Å². The maximum absolute atomic E-state index is 12.8. The molecule has 2 fully saturated rings. The van der Waals surface area contributed by atoms with Crippen LogP contribution in [0.15, 0.2) is 48.5 Å². The van der Waals surface area contributed by atoms with Crippen LogP contribution >= 0.6 is 0 Å². The van der Waals surface area contributed by atoms with Crippen LogP contribution in [0.2, 0.25) is 0 Å². The van der Waals surface area contributed by atoms with Crippen molar-refractivity contribution in [2.24, 2.45) is 0 Å². The van der Waals surface area contributed by atoms with E-state index in [1.807, 2.05) is 13.8 Å². The van der Waals surface area contributed by atoms with E-state index >= 15 is 0 Å². The Bertz CT molecular complexity index is 1120. The van der Waals surface area contributed by atoms with E-state index < -0.39 is 42.4 Å². The minimum atomic E-state index is -0.806. The molecule has 2 aliphatic heterocycles. The van der Waals surface area contributed by atoms with Crippen molar-refractivity contribution in [3.63, 3.8) is 0 Å². The van der Waals surface area contributed by atoms with Crippen LogP contribution < -0.4 is 5.32 Å². The second-order valence-corrected chi connectivity index (χ2v) is 8.68. The number of ether oxygens (including phenoxy) is 3. The van der Waals surface area contributed by atoms with Crippen LogP contribution in [0.5, 0.6) is 0 Å². The Balaban J connectivity index is 1.47. The number of esters is 2. The number of carbonyl (C=O) groups is 4. The Morgan fingerprint density at radius 2 is 1.51 bits per heavy atom. The van der Waals surface area contributed by atoms with Gasteiger partial charge in [-0.05, 0) is 38.1 Å². The van der Waals surface area contributed by atoms with Crippen LogP contribution in [-0.4, -0.2) is 72.6 Å². The summed E-state index contributed by atoms with van der Waals surface area (Å²) in [5, 5.41) is 2.23. The molecular weight excluding hydrogens is 454 g/mol. The van der Waals surface area contributed by atoms with E-state index in [1.54, 1.807) is 55.6 Å². The summed E-state index contributed by atoms with van der Waals surface area (Å²) in [6.07, 6.45) is -2.22. The molecule has 35 heavy (non-hydrogen) atoms. The number of hydrogen-bond acceptors (Lipinski definition) is 7. The molecule has 184 valence electrons. The monoisotopic (exact) mass is 481 g/mol. The molecule has 0 radical (unpaired) electrons. The zero-order valence-corrected chi connectivity index (χ0v) is 19.7. The lowest BCUT2D eigenvalue weighted by molar-refractivity contribution is -0.0793. The van der Waals surface area contributed by atoms with Gasteiger partial charge < -0.3 is 19.1 Å². The highest BCUT2D eigenvalue weighted by molar-refractivity contribution is 5.95. The second kappa shape index (κ2) is 10.1. The lowest BCUT2D eigenvalue weighted by Gasteiger charge is -2.36. The number of carbonyl (C=O) groups excluding carboxylic acids is 4. The van der Waals surface area contributed by atoms with E-state index in [-0.39, 0.29) is 19.7 Å². The average Bonchev–Trinajstić information content (AvgIpc) is 3.22. The molecule has 3 unspecified atom stereocenters. The highest BCUT2D eigenvalue weighted by Crippen LogP contribution is 2.28. The fourth-order valence-corrected chi connectivity index (χ4v) is 3.83. The Kier molecular flexibility index (Phi) is 7.02. The van der Waals surface area contributed by atoms with Gasteiger partial charge in [-0.3, -0.25) is 10.2 Å². The van der Waals surface area contributed by atoms with Gasteiger partial charge in [0.15, 0.2) is 0 Å². The SMILES string of the molecule is Cc1ccc(C(=O)OCC2OC(N3CN(C)C(=O)NC3=O)CC2OC(=O)c2ccc(C)cc2)cc1. The number of imide groups is 1. The standard InChI is InChI=1S/C25H27N3O7/c1-15-4-8-17(9-5-15)22(29)33-13-20-19(35-23(30)18-10-6-16(2)7-11-18)12-21(34-20)28-14-27(3)24(31)26-25(28)32/h4-11,19-21H,12-14H2,1-3H3,(H,26,31,32). The molecule has 4 rings (SSSR count). The minimum Gasteiger partial charge on any atom is -0.459 e. The summed E-state index contributed by atoms with van der Waals surface area (Å²) in [6, 6.07) is 12.7. The highest BCUT2D eigenvalue weighted by atomic mass is 16.6. The Morgan fingerprint density at radius 3 is 2.11 bits per heavy atom. The van der Waals surface area contributed by atoms with Crippen molar-refractivity contribution in [2.75, 3.05) is 20.3 Å². The molecule has 0 aromatic heterocycles. The van der Waals surface area contributed by atoms with Crippen molar-refractivity contribution >= 4 is 24.0 Å². The van der Waals surface area contributed by atoms with E-state index in [2.05, 4.69) is 5.32 Å². The van der Waals surface area contributed by atoms with Gasteiger partial charge in [0.25, 0.3) is 0 Å². The van der Waals surface area contributed by atoms with Crippen LogP contribution in [0.3, 0.4) is 0 Å². The Morgan fingerprint density at radius 1 is 0.943 bits per heavy atom. The number of hydrogen-bond donors (Lipinski definition) is 1. The zero-order valence-electron chi connectivity index (χ0n) is 19.7. The molecule has 2 aromatic carbocycles. The van der Waals surface area contributed by atoms with Crippen molar-refractivity contribution < 1.29 is 33.4 Å². The van der Waals surface area contributed by atoms with E-state index in [1.165, 1.54) is 9.80 Å². The summed E-state index contributed by atoms with van der Waals surface area (Å²) in [5.41, 5.74) is 2.76. The maximum atomic E-state index is 12.8. The van der Waals surface area contributed by atoms with Crippen LogP contribution in [0, 0.1) is 13.8 Å². The molecular formula is C25H27N3O7. The van der Waals surface area contributed by atoms with Crippen molar-refractivity contribution in [3.05, 3.63) is 70.8 Å². The van der Waals surface area contributed by atoms with Gasteiger partial charge in [0.2, 0.25) is 0 Å². The third-order valence-electron chi connectivity index (χ3n) is 5.93. The summed E-state index contributed by atoms with van der Waals surface area (Å²) in [4.78, 5) is 52.1. The van der Waals surface area contributed by atoms with Gasteiger partial charge in [0.1, 0.15) is 31.7 Å². The number of benzene rings is 2. The maximum Gasteiger partial charge on any atom is 0.338 e. The molecule has 10 heteroatoms. The number of nitrogens with one attached hydrogen (secondary N) is 1. The predicted octanol–water partition coefficient (Wildman–Crippen LogP) is 2.84. The predicted molar refractivity (Wildman–Crippen MR) is 124 cm³/mol. The minimum absolute atomic E-state index is 0.00381. The molecule has 2 saturated heterocycles. The smallest absolute Gasteiger partial charge is 0.338 e. The van der Waals surface area contributed by atoms with E-state index in [9.17, 15) is 19.2 Å². The summed E-state index contributed by atoms with van der Waals surface area (Å²) < 4.78 is 17.2. The zero-order chi connectivity index (χ0) is 25.1. The van der Waals surface area contributed by atoms with Crippen molar-refractivity contribution in [1.82, 2.24) is 15.1 Å². The first-order chi connectivity index (χ1) is 16.7. The topological polar surface area (TPSA) is 114 Å². The fourth-order valence-electron chi connectivity index (χ4n) is 3.83. The number of urea groups is 2. The Hall–Kier alpha value is -3.92. The van der Waals surface area contributed by atoms with Crippen molar-refractivity contribution in [1.29, 1.82) is 0 Å². The molecule has 2 aliphatic rings. The molecule has 0 spiro atoms. The number of aryl methyl sites for hydroxylation is 2. The second-order valence-electron chi connectivity index (χ2n) is 8.68. The summed E-state index contributed by atoms with van der Waals surface area (Å²) in [5.74, 6) is -1.09. The molecule has 0 bridgehead atoms. The number of rotatable bonds is 6. The van der Waals surface area contributed by atoms with Crippen molar-refractivity contribution in [2.45, 2.75) is 38.7 Å².